The van der Waals surface area contributed by atoms with Crippen LogP contribution in [0.1, 0.15) is 24.2 Å². The number of anilines is 1. The Morgan fingerprint density at radius 3 is 2.38 bits per heavy atom. The summed E-state index contributed by atoms with van der Waals surface area (Å²) in [6.45, 7) is 3.67. The molecule has 26 heavy (non-hydrogen) atoms. The van der Waals surface area contributed by atoms with E-state index in [1.807, 2.05) is 0 Å². The van der Waals surface area contributed by atoms with Crippen LogP contribution in [0.4, 0.5) is 5.69 Å². The zero-order valence-corrected chi connectivity index (χ0v) is 16.4. The Kier molecular flexibility index (Phi) is 6.63. The van der Waals surface area contributed by atoms with Crippen molar-refractivity contribution in [3.63, 3.8) is 0 Å². The molecule has 0 fully saturated rings. The Bertz CT molecular complexity index is 894. The van der Waals surface area contributed by atoms with Crippen LogP contribution in [0.15, 0.2) is 40.6 Å². The molecule has 0 aliphatic heterocycles. The molecule has 0 spiro atoms. The van der Waals surface area contributed by atoms with Crippen LogP contribution in [0.25, 0.3) is 0 Å². The molecule has 1 aromatic heterocycles. The van der Waals surface area contributed by atoms with Crippen molar-refractivity contribution in [3.05, 3.63) is 46.3 Å². The molecule has 0 saturated heterocycles. The molecule has 2 rings (SSSR count). The third-order valence-corrected chi connectivity index (χ3v) is 6.29. The highest BCUT2D eigenvalue weighted by molar-refractivity contribution is 7.94. The lowest BCUT2D eigenvalue weighted by molar-refractivity contribution is -0.128. The molecule has 1 heterocycles. The van der Waals surface area contributed by atoms with Crippen molar-refractivity contribution in [2.45, 2.75) is 24.2 Å². The summed E-state index contributed by atoms with van der Waals surface area (Å²) in [5.41, 5.74) is 0.478. The maximum Gasteiger partial charge on any atom is 0.338 e. The Balaban J connectivity index is 2.04. The van der Waals surface area contributed by atoms with Crippen LogP contribution in [-0.2, 0) is 19.6 Å². The first-order chi connectivity index (χ1) is 12.2. The van der Waals surface area contributed by atoms with E-state index in [-0.39, 0.29) is 21.4 Å². The summed E-state index contributed by atoms with van der Waals surface area (Å²) in [7, 11) is -3.75. The Morgan fingerprint density at radius 2 is 1.85 bits per heavy atom. The topological polar surface area (TPSA) is 102 Å². The largest absolute Gasteiger partial charge is 0.449 e. The molecule has 1 atom stereocenters. The van der Waals surface area contributed by atoms with Crippen molar-refractivity contribution in [2.24, 2.45) is 0 Å². The zero-order valence-electron chi connectivity index (χ0n) is 14.0. The van der Waals surface area contributed by atoms with Crippen LogP contribution in [0, 0.1) is 0 Å². The third kappa shape index (κ3) is 5.20. The van der Waals surface area contributed by atoms with E-state index in [0.29, 0.717) is 10.9 Å². The zero-order chi connectivity index (χ0) is 19.3. The molecular formula is C16H17ClN2O5S2. The van der Waals surface area contributed by atoms with Crippen LogP contribution in [0.5, 0.6) is 0 Å². The Hall–Kier alpha value is -2.10. The van der Waals surface area contributed by atoms with E-state index in [1.165, 1.54) is 43.3 Å². The van der Waals surface area contributed by atoms with E-state index in [2.05, 4.69) is 10.0 Å². The van der Waals surface area contributed by atoms with Crippen molar-refractivity contribution < 1.29 is 22.7 Å². The molecule has 140 valence electrons. The Labute approximate surface area is 160 Å². The lowest BCUT2D eigenvalue weighted by atomic mass is 10.2. The second-order valence-corrected chi connectivity index (χ2v) is 8.81. The maximum absolute atomic E-state index is 12.2. The fourth-order valence-corrected chi connectivity index (χ4v) is 4.46. The SMILES string of the molecule is CCNC(=O)[C@H](C)OC(=O)c1ccc(NS(=O)(=O)c2ccc(Cl)s2)cc1. The molecule has 1 aromatic carbocycles. The first-order valence-corrected chi connectivity index (χ1v) is 10.3. The Morgan fingerprint density at radius 1 is 1.19 bits per heavy atom. The highest BCUT2D eigenvalue weighted by Crippen LogP contribution is 2.27. The van der Waals surface area contributed by atoms with Crippen LogP contribution in [0.3, 0.4) is 0 Å². The van der Waals surface area contributed by atoms with Gasteiger partial charge in [-0.05, 0) is 50.2 Å². The van der Waals surface area contributed by atoms with Gasteiger partial charge in [-0.25, -0.2) is 13.2 Å². The van der Waals surface area contributed by atoms with E-state index in [4.69, 9.17) is 16.3 Å². The van der Waals surface area contributed by atoms with Crippen LogP contribution >= 0.6 is 22.9 Å². The summed E-state index contributed by atoms with van der Waals surface area (Å²) in [5, 5.41) is 2.55. The average molecular weight is 417 g/mol. The number of hydrogen-bond acceptors (Lipinski definition) is 6. The minimum atomic E-state index is -3.75. The number of halogens is 1. The molecule has 2 aromatic rings. The van der Waals surface area contributed by atoms with Gasteiger partial charge in [-0.1, -0.05) is 11.6 Å². The number of hydrogen-bond donors (Lipinski definition) is 2. The van der Waals surface area contributed by atoms with E-state index in [0.717, 1.165) is 11.3 Å². The van der Waals surface area contributed by atoms with Gasteiger partial charge in [0.25, 0.3) is 15.9 Å². The van der Waals surface area contributed by atoms with Gasteiger partial charge in [0.05, 0.1) is 9.90 Å². The predicted octanol–water partition coefficient (Wildman–Crippen LogP) is 2.88. The lowest BCUT2D eigenvalue weighted by Gasteiger charge is -2.13. The van der Waals surface area contributed by atoms with E-state index in [9.17, 15) is 18.0 Å². The van der Waals surface area contributed by atoms with Crippen LogP contribution in [-0.4, -0.2) is 32.9 Å². The molecule has 0 aliphatic carbocycles. The van der Waals surface area contributed by atoms with Gasteiger partial charge in [-0.15, -0.1) is 11.3 Å². The number of benzene rings is 1. The molecule has 0 unspecified atom stereocenters. The number of thiophene rings is 1. The van der Waals surface area contributed by atoms with Crippen molar-refractivity contribution in [1.82, 2.24) is 5.32 Å². The first-order valence-electron chi connectivity index (χ1n) is 7.60. The average Bonchev–Trinajstić information content (AvgIpc) is 3.02. The smallest absolute Gasteiger partial charge is 0.338 e. The number of carbonyl (C=O) groups is 2. The van der Waals surface area contributed by atoms with Gasteiger partial charge in [0.15, 0.2) is 6.10 Å². The summed E-state index contributed by atoms with van der Waals surface area (Å²) in [6, 6.07) is 8.58. The number of ether oxygens (including phenoxy) is 1. The highest BCUT2D eigenvalue weighted by Gasteiger charge is 2.19. The maximum atomic E-state index is 12.2. The second-order valence-electron chi connectivity index (χ2n) is 5.18. The van der Waals surface area contributed by atoms with Gasteiger partial charge in [-0.2, -0.15) is 0 Å². The summed E-state index contributed by atoms with van der Waals surface area (Å²) >= 11 is 6.69. The molecule has 0 saturated carbocycles. The minimum Gasteiger partial charge on any atom is -0.449 e. The number of likely N-dealkylation sites (N-methyl/N-ethyl adjacent to an activating group) is 1. The summed E-state index contributed by atoms with van der Waals surface area (Å²) in [6.07, 6.45) is -0.927. The number of nitrogens with one attached hydrogen (secondary N) is 2. The summed E-state index contributed by atoms with van der Waals surface area (Å²) in [5.74, 6) is -1.07. The monoisotopic (exact) mass is 416 g/mol. The number of rotatable bonds is 7. The van der Waals surface area contributed by atoms with Crippen molar-refractivity contribution in [3.8, 4) is 0 Å². The third-order valence-electron chi connectivity index (χ3n) is 3.19. The van der Waals surface area contributed by atoms with Gasteiger partial charge >= 0.3 is 5.97 Å². The highest BCUT2D eigenvalue weighted by atomic mass is 35.5. The molecule has 0 radical (unpaired) electrons. The second kappa shape index (κ2) is 8.52. The minimum absolute atomic E-state index is 0.0850. The number of esters is 1. The lowest BCUT2D eigenvalue weighted by Crippen LogP contribution is -2.35. The summed E-state index contributed by atoms with van der Waals surface area (Å²) in [4.78, 5) is 23.6. The van der Waals surface area contributed by atoms with Crippen molar-refractivity contribution >= 4 is 50.5 Å². The fraction of sp³-hybridized carbons (Fsp3) is 0.250. The number of carbonyl (C=O) groups excluding carboxylic acids is 2. The number of amides is 1. The molecular weight excluding hydrogens is 400 g/mol. The van der Waals surface area contributed by atoms with E-state index in [1.54, 1.807) is 6.92 Å². The van der Waals surface area contributed by atoms with Gasteiger partial charge in [-0.3, -0.25) is 9.52 Å². The molecule has 2 N–H and O–H groups in total. The van der Waals surface area contributed by atoms with Crippen molar-refractivity contribution in [2.75, 3.05) is 11.3 Å². The normalized spacial score (nSPS) is 12.3. The van der Waals surface area contributed by atoms with Gasteiger partial charge in [0, 0.05) is 12.2 Å². The molecule has 0 aliphatic rings. The van der Waals surface area contributed by atoms with Gasteiger partial charge < -0.3 is 10.1 Å². The quantitative estimate of drug-likeness (QED) is 0.676. The van der Waals surface area contributed by atoms with Gasteiger partial charge in [0.2, 0.25) is 0 Å². The van der Waals surface area contributed by atoms with E-state index >= 15 is 0 Å². The first kappa shape index (κ1) is 20.2. The number of sulfonamides is 1. The van der Waals surface area contributed by atoms with Crippen LogP contribution in [0.2, 0.25) is 4.34 Å². The summed E-state index contributed by atoms with van der Waals surface area (Å²) < 4.78 is 32.3. The van der Waals surface area contributed by atoms with Crippen molar-refractivity contribution in [1.29, 1.82) is 0 Å². The van der Waals surface area contributed by atoms with Crippen LogP contribution < -0.4 is 10.0 Å². The van der Waals surface area contributed by atoms with Gasteiger partial charge in [0.1, 0.15) is 4.21 Å². The standard InChI is InChI=1S/C16H17ClN2O5S2/c1-3-18-15(20)10(2)24-16(21)11-4-6-12(7-5-11)19-26(22,23)14-9-8-13(17)25-14/h4-10,19H,3H2,1-2H3,(H,18,20)/t10-/m0/s1. The molecule has 10 heteroatoms. The fourth-order valence-electron chi connectivity index (χ4n) is 1.92. The van der Waals surface area contributed by atoms with E-state index < -0.39 is 22.1 Å². The predicted molar refractivity (Wildman–Crippen MR) is 100 cm³/mol. The molecule has 7 nitrogen and oxygen atoms in total. The molecule has 0 bridgehead atoms. The molecule has 1 amide bonds.